The molecule has 1 fully saturated rings. The number of aliphatic imine (C=N–C) groups is 1. The minimum Gasteiger partial charge on any atom is -0.370 e. The summed E-state index contributed by atoms with van der Waals surface area (Å²) >= 11 is 12.1. The molecule has 1 saturated heterocycles. The fourth-order valence-electron chi connectivity index (χ4n) is 2.88. The average molecular weight is 357 g/mol. The van der Waals surface area contributed by atoms with Crippen molar-refractivity contribution in [2.24, 2.45) is 16.6 Å². The van der Waals surface area contributed by atoms with Crippen LogP contribution in [0.15, 0.2) is 23.2 Å². The van der Waals surface area contributed by atoms with Crippen LogP contribution in [0.1, 0.15) is 24.8 Å². The lowest BCUT2D eigenvalue weighted by Crippen LogP contribution is -2.46. The highest BCUT2D eigenvalue weighted by Gasteiger charge is 2.23. The standard InChI is InChI=1S/C16H22Cl2N4O/c1-20-16(21-9-12-4-5-13(17)8-14(12)18)22-6-2-3-11(10-22)7-15(19)23/h4-5,8,11H,2-3,6-7,9-10H2,1H3,(H2,19,23)(H,20,21). The molecule has 1 heterocycles. The van der Waals surface area contributed by atoms with Crippen LogP contribution in [0.4, 0.5) is 0 Å². The van der Waals surface area contributed by atoms with Crippen molar-refractivity contribution < 1.29 is 4.79 Å². The van der Waals surface area contributed by atoms with Crippen LogP contribution in [0.2, 0.25) is 10.0 Å². The number of halogens is 2. The van der Waals surface area contributed by atoms with Gasteiger partial charge in [0.2, 0.25) is 5.91 Å². The Kier molecular flexibility index (Phi) is 6.54. The van der Waals surface area contributed by atoms with Crippen molar-refractivity contribution in [1.29, 1.82) is 0 Å². The molecule has 0 bridgehead atoms. The van der Waals surface area contributed by atoms with Crippen LogP contribution in [0.25, 0.3) is 0 Å². The van der Waals surface area contributed by atoms with E-state index >= 15 is 0 Å². The largest absolute Gasteiger partial charge is 0.370 e. The normalized spacial score (nSPS) is 18.8. The maximum Gasteiger partial charge on any atom is 0.217 e. The Morgan fingerprint density at radius 3 is 2.91 bits per heavy atom. The number of carbonyl (C=O) groups is 1. The first-order valence-corrected chi connectivity index (χ1v) is 8.43. The van der Waals surface area contributed by atoms with Crippen LogP contribution < -0.4 is 11.1 Å². The lowest BCUT2D eigenvalue weighted by Gasteiger charge is -2.34. The van der Waals surface area contributed by atoms with Gasteiger partial charge < -0.3 is 16.0 Å². The van der Waals surface area contributed by atoms with Gasteiger partial charge in [-0.3, -0.25) is 9.79 Å². The molecule has 1 amide bonds. The molecule has 2 rings (SSSR count). The van der Waals surface area contributed by atoms with Gasteiger partial charge in [0.25, 0.3) is 0 Å². The number of primary amides is 1. The number of piperidine rings is 1. The minimum absolute atomic E-state index is 0.243. The molecule has 1 aliphatic heterocycles. The number of nitrogens with two attached hydrogens (primary N) is 1. The van der Waals surface area contributed by atoms with Crippen LogP contribution in [0.3, 0.4) is 0 Å². The molecular formula is C16H22Cl2N4O. The molecule has 7 heteroatoms. The van der Waals surface area contributed by atoms with E-state index in [-0.39, 0.29) is 5.91 Å². The predicted molar refractivity (Wildman–Crippen MR) is 94.8 cm³/mol. The van der Waals surface area contributed by atoms with Gasteiger partial charge in [-0.05, 0) is 36.5 Å². The molecule has 1 aliphatic rings. The van der Waals surface area contributed by atoms with E-state index in [9.17, 15) is 4.79 Å². The van der Waals surface area contributed by atoms with Gasteiger partial charge in [0, 0.05) is 43.1 Å². The number of rotatable bonds is 4. The highest BCUT2D eigenvalue weighted by atomic mass is 35.5. The Bertz CT molecular complexity index is 591. The molecule has 5 nitrogen and oxygen atoms in total. The molecule has 0 spiro atoms. The van der Waals surface area contributed by atoms with Crippen LogP contribution in [0, 0.1) is 5.92 Å². The van der Waals surface area contributed by atoms with E-state index in [1.807, 2.05) is 12.1 Å². The topological polar surface area (TPSA) is 70.7 Å². The first kappa shape index (κ1) is 17.9. The zero-order valence-electron chi connectivity index (χ0n) is 13.2. The molecule has 0 saturated carbocycles. The van der Waals surface area contributed by atoms with E-state index in [0.717, 1.165) is 37.5 Å². The Morgan fingerprint density at radius 1 is 1.48 bits per heavy atom. The lowest BCUT2D eigenvalue weighted by atomic mass is 9.95. The average Bonchev–Trinajstić information content (AvgIpc) is 2.49. The van der Waals surface area contributed by atoms with Gasteiger partial charge in [-0.15, -0.1) is 0 Å². The first-order chi connectivity index (χ1) is 11.0. The van der Waals surface area contributed by atoms with E-state index in [1.54, 1.807) is 13.1 Å². The summed E-state index contributed by atoms with van der Waals surface area (Å²) in [5.74, 6) is 0.858. The Hall–Kier alpha value is -1.46. The Labute approximate surface area is 146 Å². The van der Waals surface area contributed by atoms with E-state index in [4.69, 9.17) is 28.9 Å². The smallest absolute Gasteiger partial charge is 0.217 e. The summed E-state index contributed by atoms with van der Waals surface area (Å²) in [5.41, 5.74) is 6.27. The highest BCUT2D eigenvalue weighted by molar-refractivity contribution is 6.35. The Balaban J connectivity index is 1.95. The lowest BCUT2D eigenvalue weighted by molar-refractivity contribution is -0.119. The Morgan fingerprint density at radius 2 is 2.26 bits per heavy atom. The van der Waals surface area contributed by atoms with Gasteiger partial charge in [-0.25, -0.2) is 0 Å². The summed E-state index contributed by atoms with van der Waals surface area (Å²) in [6, 6.07) is 5.45. The second-order valence-electron chi connectivity index (χ2n) is 5.76. The van der Waals surface area contributed by atoms with Crippen molar-refractivity contribution >= 4 is 35.1 Å². The van der Waals surface area contributed by atoms with Crippen LogP contribution in [-0.4, -0.2) is 36.9 Å². The molecule has 1 unspecified atom stereocenters. The van der Waals surface area contributed by atoms with E-state index in [2.05, 4.69) is 15.2 Å². The van der Waals surface area contributed by atoms with Gasteiger partial charge in [0.1, 0.15) is 0 Å². The number of carbonyl (C=O) groups excluding carboxylic acids is 1. The van der Waals surface area contributed by atoms with Crippen LogP contribution >= 0.6 is 23.2 Å². The number of benzene rings is 1. The number of hydrogen-bond acceptors (Lipinski definition) is 2. The first-order valence-electron chi connectivity index (χ1n) is 7.67. The number of nitrogens with zero attached hydrogens (tertiary/aromatic N) is 2. The monoisotopic (exact) mass is 356 g/mol. The minimum atomic E-state index is -0.243. The molecule has 1 aromatic carbocycles. The molecule has 1 atom stereocenters. The van der Waals surface area contributed by atoms with Crippen molar-refractivity contribution in [2.45, 2.75) is 25.8 Å². The number of amides is 1. The van der Waals surface area contributed by atoms with Crippen LogP contribution in [-0.2, 0) is 11.3 Å². The number of nitrogens with one attached hydrogen (secondary N) is 1. The third-order valence-electron chi connectivity index (χ3n) is 3.97. The maximum absolute atomic E-state index is 11.1. The molecule has 126 valence electrons. The summed E-state index contributed by atoms with van der Waals surface area (Å²) in [5, 5.41) is 4.57. The van der Waals surface area contributed by atoms with Gasteiger partial charge in [0.15, 0.2) is 5.96 Å². The second-order valence-corrected chi connectivity index (χ2v) is 6.60. The predicted octanol–water partition coefficient (Wildman–Crippen LogP) is 2.66. The SMILES string of the molecule is CN=C(NCc1ccc(Cl)cc1Cl)N1CCCC(CC(N)=O)C1. The van der Waals surface area contributed by atoms with Crippen molar-refractivity contribution in [3.63, 3.8) is 0 Å². The fraction of sp³-hybridized carbons (Fsp3) is 0.500. The maximum atomic E-state index is 11.1. The van der Waals surface area contributed by atoms with Crippen molar-refractivity contribution in [3.05, 3.63) is 33.8 Å². The van der Waals surface area contributed by atoms with Gasteiger partial charge in [-0.2, -0.15) is 0 Å². The summed E-state index contributed by atoms with van der Waals surface area (Å²) in [6.45, 7) is 2.28. The van der Waals surface area contributed by atoms with Gasteiger partial charge >= 0.3 is 0 Å². The van der Waals surface area contributed by atoms with Crippen LogP contribution in [0.5, 0.6) is 0 Å². The van der Waals surface area contributed by atoms with Crippen molar-refractivity contribution in [2.75, 3.05) is 20.1 Å². The summed E-state index contributed by atoms with van der Waals surface area (Å²) in [6.07, 6.45) is 2.48. The van der Waals surface area contributed by atoms with E-state index in [1.165, 1.54) is 0 Å². The van der Waals surface area contributed by atoms with Gasteiger partial charge in [0.05, 0.1) is 0 Å². The molecule has 23 heavy (non-hydrogen) atoms. The third-order valence-corrected chi connectivity index (χ3v) is 4.56. The molecule has 0 aromatic heterocycles. The molecule has 3 N–H and O–H groups in total. The molecular weight excluding hydrogens is 335 g/mol. The van der Waals surface area contributed by atoms with E-state index in [0.29, 0.717) is 28.9 Å². The number of hydrogen-bond donors (Lipinski definition) is 2. The second kappa shape index (κ2) is 8.41. The summed E-state index contributed by atoms with van der Waals surface area (Å²) in [4.78, 5) is 17.6. The van der Waals surface area contributed by atoms with Crippen molar-refractivity contribution in [3.8, 4) is 0 Å². The quantitative estimate of drug-likeness (QED) is 0.643. The number of likely N-dealkylation sites (tertiary alicyclic amines) is 1. The zero-order valence-corrected chi connectivity index (χ0v) is 14.7. The fourth-order valence-corrected chi connectivity index (χ4v) is 3.36. The zero-order chi connectivity index (χ0) is 16.8. The summed E-state index contributed by atoms with van der Waals surface area (Å²) in [7, 11) is 1.75. The molecule has 1 aromatic rings. The third kappa shape index (κ3) is 5.29. The number of guanidine groups is 1. The van der Waals surface area contributed by atoms with E-state index < -0.39 is 0 Å². The van der Waals surface area contributed by atoms with Crippen molar-refractivity contribution in [1.82, 2.24) is 10.2 Å². The molecule has 0 radical (unpaired) electrons. The summed E-state index contributed by atoms with van der Waals surface area (Å²) < 4.78 is 0. The van der Waals surface area contributed by atoms with Gasteiger partial charge in [-0.1, -0.05) is 29.3 Å². The highest BCUT2D eigenvalue weighted by Crippen LogP contribution is 2.22. The molecule has 0 aliphatic carbocycles.